The van der Waals surface area contributed by atoms with Crippen LogP contribution in [-0.4, -0.2) is 50.5 Å². The fourth-order valence-electron chi connectivity index (χ4n) is 4.11. The Bertz CT molecular complexity index is 1470. The van der Waals surface area contributed by atoms with Crippen LogP contribution < -0.4 is 9.62 Å². The number of halogens is 4. The van der Waals surface area contributed by atoms with Crippen molar-refractivity contribution in [1.82, 2.24) is 10.2 Å². The van der Waals surface area contributed by atoms with Gasteiger partial charge in [0, 0.05) is 40.1 Å². The zero-order valence-electron chi connectivity index (χ0n) is 22.8. The zero-order valence-corrected chi connectivity index (χ0v) is 26.6. The molecular weight excluding hydrogens is 628 g/mol. The van der Waals surface area contributed by atoms with Gasteiger partial charge in [-0.05, 0) is 41.8 Å². The van der Waals surface area contributed by atoms with Crippen LogP contribution in [0.5, 0.6) is 0 Å². The lowest BCUT2D eigenvalue weighted by Gasteiger charge is -2.34. The lowest BCUT2D eigenvalue weighted by Crippen LogP contribution is -2.53. The lowest BCUT2D eigenvalue weighted by molar-refractivity contribution is -0.140. The van der Waals surface area contributed by atoms with Crippen LogP contribution in [0.1, 0.15) is 25.0 Å². The van der Waals surface area contributed by atoms with Crippen LogP contribution >= 0.6 is 46.4 Å². The van der Waals surface area contributed by atoms with E-state index >= 15 is 0 Å². The van der Waals surface area contributed by atoms with Gasteiger partial charge in [-0.2, -0.15) is 0 Å². The van der Waals surface area contributed by atoms with E-state index in [0.29, 0.717) is 27.2 Å². The minimum atomic E-state index is -3.99. The molecule has 0 fully saturated rings. The molecule has 0 aromatic heterocycles. The molecule has 0 unspecified atom stereocenters. The summed E-state index contributed by atoms with van der Waals surface area (Å²) in [4.78, 5) is 29.1. The molecule has 2 amide bonds. The molecule has 0 saturated carbocycles. The standard InChI is InChI=1S/C29H31Cl4N3O4S/c1-19(2)16-34-29(38)27(14-20-8-5-4-6-9-20)35(17-22-23(31)10-7-11-24(22)32)28(37)18-36(41(3,39)40)26-13-12-21(30)15-25(26)33/h4-13,15,19,27H,14,16-18H2,1-3H3,(H,34,38)/t27-/m1/s1. The number of carbonyl (C=O) groups is 2. The highest BCUT2D eigenvalue weighted by Crippen LogP contribution is 2.31. The maximum Gasteiger partial charge on any atom is 0.244 e. The van der Waals surface area contributed by atoms with Gasteiger partial charge in [-0.15, -0.1) is 0 Å². The minimum absolute atomic E-state index is 0.0481. The predicted octanol–water partition coefficient (Wildman–Crippen LogP) is 6.48. The van der Waals surface area contributed by atoms with Crippen LogP contribution in [-0.2, 0) is 32.6 Å². The van der Waals surface area contributed by atoms with Crippen molar-refractivity contribution in [2.75, 3.05) is 23.7 Å². The van der Waals surface area contributed by atoms with Gasteiger partial charge in [-0.3, -0.25) is 13.9 Å². The first-order valence-corrected chi connectivity index (χ1v) is 16.1. The highest BCUT2D eigenvalue weighted by molar-refractivity contribution is 7.92. The Labute approximate surface area is 261 Å². The molecule has 1 N–H and O–H groups in total. The van der Waals surface area contributed by atoms with Crippen molar-refractivity contribution < 1.29 is 18.0 Å². The van der Waals surface area contributed by atoms with Crippen LogP contribution in [0, 0.1) is 5.92 Å². The van der Waals surface area contributed by atoms with Gasteiger partial charge < -0.3 is 10.2 Å². The maximum absolute atomic E-state index is 14.1. The Morgan fingerprint density at radius 3 is 2.07 bits per heavy atom. The molecule has 12 heteroatoms. The van der Waals surface area contributed by atoms with Crippen molar-refractivity contribution in [2.45, 2.75) is 32.9 Å². The molecule has 0 aliphatic rings. The molecule has 7 nitrogen and oxygen atoms in total. The summed E-state index contributed by atoms with van der Waals surface area (Å²) in [7, 11) is -3.99. The minimum Gasteiger partial charge on any atom is -0.354 e. The Morgan fingerprint density at radius 1 is 0.878 bits per heavy atom. The lowest BCUT2D eigenvalue weighted by atomic mass is 10.0. The quantitative estimate of drug-likeness (QED) is 0.241. The summed E-state index contributed by atoms with van der Waals surface area (Å²) >= 11 is 25.3. The van der Waals surface area contributed by atoms with E-state index in [1.807, 2.05) is 44.2 Å². The van der Waals surface area contributed by atoms with Crippen LogP contribution in [0.2, 0.25) is 20.1 Å². The smallest absolute Gasteiger partial charge is 0.244 e. The number of hydrogen-bond acceptors (Lipinski definition) is 4. The largest absolute Gasteiger partial charge is 0.354 e. The fourth-order valence-corrected chi connectivity index (χ4v) is 6.05. The Hall–Kier alpha value is -2.49. The monoisotopic (exact) mass is 657 g/mol. The molecule has 0 aliphatic carbocycles. The van der Waals surface area contributed by atoms with Crippen LogP contribution in [0.4, 0.5) is 5.69 Å². The predicted molar refractivity (Wildman–Crippen MR) is 167 cm³/mol. The van der Waals surface area contributed by atoms with Gasteiger partial charge in [-0.1, -0.05) is 96.6 Å². The molecule has 3 rings (SSSR count). The number of hydrogen-bond donors (Lipinski definition) is 1. The molecule has 1 atom stereocenters. The van der Waals surface area contributed by atoms with Crippen LogP contribution in [0.25, 0.3) is 0 Å². The first kappa shape index (κ1) is 33.0. The fraction of sp³-hybridized carbons (Fsp3) is 0.310. The normalized spacial score (nSPS) is 12.2. The molecule has 41 heavy (non-hydrogen) atoms. The molecule has 3 aromatic rings. The van der Waals surface area contributed by atoms with E-state index in [0.717, 1.165) is 16.1 Å². The van der Waals surface area contributed by atoms with Crippen molar-refractivity contribution in [2.24, 2.45) is 5.92 Å². The number of nitrogens with one attached hydrogen (secondary N) is 1. The molecule has 0 spiro atoms. The van der Waals surface area contributed by atoms with E-state index in [1.54, 1.807) is 18.2 Å². The summed E-state index contributed by atoms with van der Waals surface area (Å²) in [6, 6.07) is 17.4. The summed E-state index contributed by atoms with van der Waals surface area (Å²) < 4.78 is 26.7. The Kier molecular flexibility index (Phi) is 11.8. The van der Waals surface area contributed by atoms with E-state index < -0.39 is 34.4 Å². The van der Waals surface area contributed by atoms with Crippen molar-refractivity contribution in [1.29, 1.82) is 0 Å². The third-order valence-corrected chi connectivity index (χ3v) is 8.58. The Morgan fingerprint density at radius 2 is 1.51 bits per heavy atom. The third-order valence-electron chi connectivity index (χ3n) is 6.20. The second-order valence-electron chi connectivity index (χ2n) is 9.93. The van der Waals surface area contributed by atoms with Crippen LogP contribution in [0.3, 0.4) is 0 Å². The topological polar surface area (TPSA) is 86.8 Å². The average molecular weight is 659 g/mol. The van der Waals surface area contributed by atoms with E-state index in [2.05, 4.69) is 5.32 Å². The maximum atomic E-state index is 14.1. The second kappa shape index (κ2) is 14.6. The first-order valence-electron chi connectivity index (χ1n) is 12.7. The summed E-state index contributed by atoms with van der Waals surface area (Å²) in [5.41, 5.74) is 1.31. The SMILES string of the molecule is CC(C)CNC(=O)[C@@H](Cc1ccccc1)N(Cc1c(Cl)cccc1Cl)C(=O)CN(c1ccc(Cl)cc1Cl)S(C)(=O)=O. The highest BCUT2D eigenvalue weighted by atomic mass is 35.5. The zero-order chi connectivity index (χ0) is 30.3. The van der Waals surface area contributed by atoms with E-state index in [4.69, 9.17) is 46.4 Å². The number of benzene rings is 3. The van der Waals surface area contributed by atoms with E-state index in [1.165, 1.54) is 23.1 Å². The number of nitrogens with zero attached hydrogens (tertiary/aromatic N) is 2. The van der Waals surface area contributed by atoms with Crippen molar-refractivity contribution in [3.05, 3.63) is 97.9 Å². The molecule has 0 radical (unpaired) electrons. The average Bonchev–Trinajstić information content (AvgIpc) is 2.89. The van der Waals surface area contributed by atoms with Gasteiger partial charge in [0.25, 0.3) is 0 Å². The van der Waals surface area contributed by atoms with Gasteiger partial charge in [0.1, 0.15) is 12.6 Å². The van der Waals surface area contributed by atoms with Gasteiger partial charge in [0.2, 0.25) is 21.8 Å². The van der Waals surface area contributed by atoms with Gasteiger partial charge in [0.15, 0.2) is 0 Å². The van der Waals surface area contributed by atoms with E-state index in [9.17, 15) is 18.0 Å². The van der Waals surface area contributed by atoms with Gasteiger partial charge in [0.05, 0.1) is 17.0 Å². The third kappa shape index (κ3) is 9.25. The summed E-state index contributed by atoms with van der Waals surface area (Å²) in [5.74, 6) is -0.890. The summed E-state index contributed by atoms with van der Waals surface area (Å²) in [6.45, 7) is 3.52. The molecular formula is C29H31Cl4N3O4S. The Balaban J connectivity index is 2.11. The molecule has 0 bridgehead atoms. The first-order chi connectivity index (χ1) is 19.3. The second-order valence-corrected chi connectivity index (χ2v) is 13.5. The molecule has 0 aliphatic heterocycles. The van der Waals surface area contributed by atoms with Gasteiger partial charge in [-0.25, -0.2) is 8.42 Å². The van der Waals surface area contributed by atoms with Crippen molar-refractivity contribution >= 4 is 73.9 Å². The molecule has 0 heterocycles. The number of amides is 2. The number of sulfonamides is 1. The summed E-state index contributed by atoms with van der Waals surface area (Å²) in [5, 5.41) is 3.87. The highest BCUT2D eigenvalue weighted by Gasteiger charge is 2.34. The molecule has 220 valence electrons. The van der Waals surface area contributed by atoms with Crippen LogP contribution in [0.15, 0.2) is 66.7 Å². The molecule has 0 saturated heterocycles. The molecule has 3 aromatic carbocycles. The number of anilines is 1. The number of rotatable bonds is 12. The summed E-state index contributed by atoms with van der Waals surface area (Å²) in [6.07, 6.45) is 1.14. The number of carbonyl (C=O) groups excluding carboxylic acids is 2. The van der Waals surface area contributed by atoms with Crippen molar-refractivity contribution in [3.63, 3.8) is 0 Å². The van der Waals surface area contributed by atoms with E-state index in [-0.39, 0.29) is 29.6 Å². The van der Waals surface area contributed by atoms with Crippen molar-refractivity contribution in [3.8, 4) is 0 Å². The van der Waals surface area contributed by atoms with Gasteiger partial charge >= 0.3 is 0 Å².